The fourth-order valence-corrected chi connectivity index (χ4v) is 2.42. The molecule has 0 unspecified atom stereocenters. The van der Waals surface area contributed by atoms with Crippen LogP contribution in [0.2, 0.25) is 0 Å². The van der Waals surface area contributed by atoms with Gasteiger partial charge in [-0.3, -0.25) is 4.79 Å². The molecular formula is C16H30N2O6. The quantitative estimate of drug-likeness (QED) is 0.616. The van der Waals surface area contributed by atoms with Crippen LogP contribution in [0, 0.1) is 0 Å². The predicted molar refractivity (Wildman–Crippen MR) is 88.7 cm³/mol. The monoisotopic (exact) mass is 346 g/mol. The van der Waals surface area contributed by atoms with Crippen molar-refractivity contribution < 1.29 is 29.0 Å². The first-order valence-electron chi connectivity index (χ1n) is 7.74. The molecule has 0 saturated heterocycles. The zero-order valence-electron chi connectivity index (χ0n) is 15.6. The minimum atomic E-state index is -1.13. The Balaban J connectivity index is 4.51. The fourth-order valence-electron chi connectivity index (χ4n) is 2.42. The third-order valence-corrected chi connectivity index (χ3v) is 2.66. The minimum Gasteiger partial charge on any atom is -0.480 e. The first-order chi connectivity index (χ1) is 10.6. The number of ether oxygens (including phenoxy) is 2. The van der Waals surface area contributed by atoms with Crippen molar-refractivity contribution in [3.8, 4) is 0 Å². The van der Waals surface area contributed by atoms with Crippen LogP contribution in [0.5, 0.6) is 0 Å². The van der Waals surface area contributed by atoms with Crippen LogP contribution >= 0.6 is 0 Å². The maximum atomic E-state index is 11.9. The number of aliphatic carboxylic acids is 1. The van der Waals surface area contributed by atoms with Gasteiger partial charge in [0, 0.05) is 11.1 Å². The molecule has 2 amide bonds. The van der Waals surface area contributed by atoms with Gasteiger partial charge in [-0.2, -0.15) is 0 Å². The van der Waals surface area contributed by atoms with Gasteiger partial charge in [-0.1, -0.05) is 0 Å². The number of carbonyl (C=O) groups is 3. The van der Waals surface area contributed by atoms with Crippen LogP contribution in [0.25, 0.3) is 0 Å². The molecule has 24 heavy (non-hydrogen) atoms. The highest BCUT2D eigenvalue weighted by Crippen LogP contribution is 2.20. The Morgan fingerprint density at radius 3 is 1.83 bits per heavy atom. The molecule has 0 bridgehead atoms. The Morgan fingerprint density at radius 2 is 1.38 bits per heavy atom. The predicted octanol–water partition coefficient (Wildman–Crippen LogP) is 1.68. The molecule has 0 aliphatic heterocycles. The number of carboxylic acids is 1. The van der Waals surface area contributed by atoms with Crippen LogP contribution in [0.4, 0.5) is 4.79 Å². The van der Waals surface area contributed by atoms with Gasteiger partial charge >= 0.3 is 12.1 Å². The van der Waals surface area contributed by atoms with E-state index in [4.69, 9.17) is 14.6 Å². The van der Waals surface area contributed by atoms with Gasteiger partial charge < -0.3 is 25.2 Å². The number of rotatable bonds is 8. The van der Waals surface area contributed by atoms with Gasteiger partial charge in [-0.05, 0) is 54.9 Å². The average Bonchev–Trinajstić information content (AvgIpc) is 2.20. The molecule has 3 N–H and O–H groups in total. The summed E-state index contributed by atoms with van der Waals surface area (Å²) < 4.78 is 9.98. The lowest BCUT2D eigenvalue weighted by atomic mass is 9.87. The second kappa shape index (κ2) is 8.32. The summed E-state index contributed by atoms with van der Waals surface area (Å²) in [6, 6.07) is 0. The van der Waals surface area contributed by atoms with E-state index in [2.05, 4.69) is 10.6 Å². The van der Waals surface area contributed by atoms with Crippen LogP contribution in [0.15, 0.2) is 0 Å². The zero-order valence-corrected chi connectivity index (χ0v) is 15.6. The normalized spacial score (nSPS) is 12.5. The molecule has 8 nitrogen and oxygen atoms in total. The second-order valence-electron chi connectivity index (χ2n) is 8.01. The van der Waals surface area contributed by atoms with Gasteiger partial charge in [0.05, 0.1) is 0 Å². The van der Waals surface area contributed by atoms with E-state index < -0.39 is 41.3 Å². The Labute approximate surface area is 143 Å². The molecule has 0 radical (unpaired) electrons. The third kappa shape index (κ3) is 11.7. The van der Waals surface area contributed by atoms with Crippen molar-refractivity contribution in [3.63, 3.8) is 0 Å². The maximum Gasteiger partial charge on any atom is 0.408 e. The topological polar surface area (TPSA) is 114 Å². The van der Waals surface area contributed by atoms with Gasteiger partial charge in [-0.15, -0.1) is 0 Å². The minimum absolute atomic E-state index is 0.338. The summed E-state index contributed by atoms with van der Waals surface area (Å²) >= 11 is 0. The Morgan fingerprint density at radius 1 is 0.875 bits per heavy atom. The Kier molecular flexibility index (Phi) is 7.69. The highest BCUT2D eigenvalue weighted by atomic mass is 16.6. The standard InChI is InChI=1S/C16H30N2O6/c1-14(2,3)24-13(22)18-16(6,7)10-15(4,5)17-11(19)8-23-9-12(20)21/h8-10H2,1-7H3,(H,17,19)(H,18,22)(H,20,21). The van der Waals surface area contributed by atoms with E-state index in [-0.39, 0.29) is 6.61 Å². The Hall–Kier alpha value is -1.83. The lowest BCUT2D eigenvalue weighted by molar-refractivity contribution is -0.143. The van der Waals surface area contributed by atoms with E-state index in [9.17, 15) is 14.4 Å². The van der Waals surface area contributed by atoms with Gasteiger partial charge in [-0.25, -0.2) is 9.59 Å². The maximum absolute atomic E-state index is 11.9. The van der Waals surface area contributed by atoms with E-state index in [0.29, 0.717) is 6.42 Å². The molecule has 0 aliphatic carbocycles. The summed E-state index contributed by atoms with van der Waals surface area (Å²) in [5, 5.41) is 14.0. The van der Waals surface area contributed by atoms with Gasteiger partial charge in [0.15, 0.2) is 0 Å². The third-order valence-electron chi connectivity index (χ3n) is 2.66. The number of carbonyl (C=O) groups excluding carboxylic acids is 2. The summed E-state index contributed by atoms with van der Waals surface area (Å²) in [5.41, 5.74) is -1.85. The van der Waals surface area contributed by atoms with E-state index in [1.807, 2.05) is 13.8 Å². The van der Waals surface area contributed by atoms with Crippen LogP contribution in [-0.2, 0) is 19.1 Å². The molecule has 0 fully saturated rings. The van der Waals surface area contributed by atoms with Gasteiger partial charge in [0.2, 0.25) is 5.91 Å². The molecule has 0 aliphatic rings. The number of carboxylic acid groups (broad SMARTS) is 1. The van der Waals surface area contributed by atoms with Gasteiger partial charge in [0.1, 0.15) is 18.8 Å². The first-order valence-corrected chi connectivity index (χ1v) is 7.74. The van der Waals surface area contributed by atoms with E-state index in [0.717, 1.165) is 0 Å². The first kappa shape index (κ1) is 22.2. The van der Waals surface area contributed by atoms with Crippen LogP contribution in [-0.4, -0.2) is 53.0 Å². The molecule has 0 atom stereocenters. The fraction of sp³-hybridized carbons (Fsp3) is 0.812. The number of nitrogens with one attached hydrogen (secondary N) is 2. The summed E-state index contributed by atoms with van der Waals surface area (Å²) in [6.07, 6.45) is -0.0939. The lowest BCUT2D eigenvalue weighted by Gasteiger charge is -2.36. The highest BCUT2D eigenvalue weighted by molar-refractivity contribution is 5.78. The molecule has 0 aromatic carbocycles. The van der Waals surface area contributed by atoms with Crippen molar-refractivity contribution in [2.24, 2.45) is 0 Å². The van der Waals surface area contributed by atoms with Crippen molar-refractivity contribution in [1.29, 1.82) is 0 Å². The summed E-state index contributed by atoms with van der Waals surface area (Å²) in [6.45, 7) is 11.7. The van der Waals surface area contributed by atoms with E-state index in [1.54, 1.807) is 34.6 Å². The Bertz CT molecular complexity index is 466. The van der Waals surface area contributed by atoms with E-state index >= 15 is 0 Å². The van der Waals surface area contributed by atoms with Crippen LogP contribution in [0.3, 0.4) is 0 Å². The van der Waals surface area contributed by atoms with Crippen LogP contribution in [0.1, 0.15) is 54.9 Å². The zero-order chi connectivity index (χ0) is 19.2. The molecule has 8 heteroatoms. The molecule has 0 heterocycles. The lowest BCUT2D eigenvalue weighted by Crippen LogP contribution is -2.54. The molecular weight excluding hydrogens is 316 g/mol. The number of hydrogen-bond donors (Lipinski definition) is 3. The van der Waals surface area contributed by atoms with Crippen molar-refractivity contribution in [2.45, 2.75) is 71.6 Å². The summed E-state index contributed by atoms with van der Waals surface area (Å²) in [5.74, 6) is -1.56. The smallest absolute Gasteiger partial charge is 0.408 e. The SMILES string of the molecule is CC(C)(CC(C)(C)NC(=O)OC(C)(C)C)NC(=O)COCC(=O)O. The van der Waals surface area contributed by atoms with E-state index in [1.165, 1.54) is 0 Å². The number of alkyl carbamates (subject to hydrolysis) is 1. The van der Waals surface area contributed by atoms with Crippen molar-refractivity contribution in [2.75, 3.05) is 13.2 Å². The van der Waals surface area contributed by atoms with Gasteiger partial charge in [0.25, 0.3) is 0 Å². The molecule has 0 aromatic heterocycles. The van der Waals surface area contributed by atoms with Crippen LogP contribution < -0.4 is 10.6 Å². The number of hydrogen-bond acceptors (Lipinski definition) is 5. The van der Waals surface area contributed by atoms with Crippen molar-refractivity contribution in [1.82, 2.24) is 10.6 Å². The van der Waals surface area contributed by atoms with Crippen molar-refractivity contribution >= 4 is 18.0 Å². The number of amides is 2. The molecule has 0 spiro atoms. The average molecular weight is 346 g/mol. The molecule has 0 rings (SSSR count). The largest absolute Gasteiger partial charge is 0.480 e. The summed E-state index contributed by atoms with van der Waals surface area (Å²) in [7, 11) is 0. The second-order valence-corrected chi connectivity index (χ2v) is 8.01. The highest BCUT2D eigenvalue weighted by Gasteiger charge is 2.32. The summed E-state index contributed by atoms with van der Waals surface area (Å²) in [4.78, 5) is 34.0. The molecule has 0 saturated carbocycles. The molecule has 140 valence electrons. The van der Waals surface area contributed by atoms with Crippen molar-refractivity contribution in [3.05, 3.63) is 0 Å². The molecule has 0 aromatic rings.